The van der Waals surface area contributed by atoms with Crippen LogP contribution in [0.3, 0.4) is 0 Å². The van der Waals surface area contributed by atoms with Crippen molar-refractivity contribution < 1.29 is 5.10 Å². The van der Waals surface area contributed by atoms with Crippen molar-refractivity contribution in [1.29, 1.82) is 0 Å². The van der Waals surface area contributed by atoms with E-state index >= 15 is 0 Å². The Morgan fingerprint density at radius 2 is 1.22 bits per heavy atom. The van der Waals surface area contributed by atoms with E-state index in [0.29, 0.717) is 0 Å². The fourth-order valence-corrected chi connectivity index (χ4v) is 2.23. The minimum atomic E-state index is 0.0874. The molecule has 1 aliphatic rings. The summed E-state index contributed by atoms with van der Waals surface area (Å²) < 4.78 is 0. The van der Waals surface area contributed by atoms with Crippen LogP contribution in [0, 0.1) is 0 Å². The summed E-state index contributed by atoms with van der Waals surface area (Å²) in [4.78, 5) is 0. The normalized spacial score (nSPS) is 11.7. The maximum Gasteiger partial charge on any atom is 0.362 e. The van der Waals surface area contributed by atoms with Crippen LogP contribution >= 0.6 is 0 Å². The van der Waals surface area contributed by atoms with E-state index in [9.17, 15) is 0 Å². The Kier molecular flexibility index (Phi) is 2.34. The van der Waals surface area contributed by atoms with E-state index in [-0.39, 0.29) is 5.96 Å². The summed E-state index contributed by atoms with van der Waals surface area (Å²) in [5.74, 6) is 0.0874. The molecular weight excluding hydrogens is 224 g/mol. The molecule has 0 amide bonds. The van der Waals surface area contributed by atoms with Crippen LogP contribution < -0.4 is 16.6 Å². The van der Waals surface area contributed by atoms with Crippen molar-refractivity contribution in [2.45, 2.75) is 0 Å². The molecule has 4 heteroatoms. The van der Waals surface area contributed by atoms with Crippen LogP contribution in [0.2, 0.25) is 0 Å². The van der Waals surface area contributed by atoms with Crippen molar-refractivity contribution in [3.8, 4) is 11.1 Å². The van der Waals surface area contributed by atoms with Gasteiger partial charge in [-0.25, -0.2) is 0 Å². The first-order chi connectivity index (χ1) is 8.77. The van der Waals surface area contributed by atoms with Gasteiger partial charge in [-0.15, -0.1) is 5.10 Å². The molecule has 0 aliphatic heterocycles. The second-order valence-electron chi connectivity index (χ2n) is 4.12. The number of nitrogens with two attached hydrogens (primary N) is 2. The average molecular weight is 237 g/mol. The molecule has 0 saturated carbocycles. The summed E-state index contributed by atoms with van der Waals surface area (Å²) in [6, 6.07) is 16.3. The van der Waals surface area contributed by atoms with Crippen molar-refractivity contribution in [2.24, 2.45) is 16.6 Å². The van der Waals surface area contributed by atoms with Crippen LogP contribution in [0.25, 0.3) is 11.1 Å². The number of hydrogen-bond acceptors (Lipinski definition) is 1. The van der Waals surface area contributed by atoms with Gasteiger partial charge in [0.1, 0.15) is 5.71 Å². The summed E-state index contributed by atoms with van der Waals surface area (Å²) in [5.41, 5.74) is 16.2. The molecule has 0 radical (unpaired) electrons. The highest BCUT2D eigenvalue weighted by atomic mass is 15.3. The SMILES string of the molecule is NC(N)=[NH+]N=C1c2ccccc2-c2ccccc21. The topological polar surface area (TPSA) is 78.4 Å². The first-order valence-electron chi connectivity index (χ1n) is 5.68. The summed E-state index contributed by atoms with van der Waals surface area (Å²) in [6.45, 7) is 0. The van der Waals surface area contributed by atoms with Gasteiger partial charge in [-0.3, -0.25) is 11.5 Å². The number of nitrogens with one attached hydrogen (secondary N) is 1. The number of nitrogens with zero attached hydrogens (tertiary/aromatic N) is 1. The van der Waals surface area contributed by atoms with Crippen LogP contribution in [-0.4, -0.2) is 11.7 Å². The zero-order valence-corrected chi connectivity index (χ0v) is 9.72. The molecular formula is C14H13N4+. The highest BCUT2D eigenvalue weighted by molar-refractivity contribution is 6.24. The highest BCUT2D eigenvalue weighted by Gasteiger charge is 2.24. The average Bonchev–Trinajstić information content (AvgIpc) is 2.71. The predicted octanol–water partition coefficient (Wildman–Crippen LogP) is -0.227. The van der Waals surface area contributed by atoms with Crippen LogP contribution in [0.5, 0.6) is 0 Å². The maximum absolute atomic E-state index is 5.39. The number of fused-ring (bicyclic) bond motifs is 3. The van der Waals surface area contributed by atoms with E-state index in [4.69, 9.17) is 11.5 Å². The molecule has 0 bridgehead atoms. The largest absolute Gasteiger partial charge is 0.362 e. The van der Waals surface area contributed by atoms with Gasteiger partial charge in [-0.05, 0) is 11.1 Å². The van der Waals surface area contributed by atoms with E-state index < -0.39 is 0 Å². The molecule has 0 aromatic heterocycles. The Morgan fingerprint density at radius 3 is 1.67 bits per heavy atom. The highest BCUT2D eigenvalue weighted by Crippen LogP contribution is 2.35. The van der Waals surface area contributed by atoms with Crippen molar-refractivity contribution >= 4 is 11.7 Å². The second kappa shape index (κ2) is 4.00. The Labute approximate surface area is 105 Å². The Balaban J connectivity index is 2.27. The van der Waals surface area contributed by atoms with Gasteiger partial charge >= 0.3 is 5.96 Å². The van der Waals surface area contributed by atoms with Crippen molar-refractivity contribution in [3.05, 3.63) is 59.7 Å². The van der Waals surface area contributed by atoms with E-state index in [1.54, 1.807) is 0 Å². The summed E-state index contributed by atoms with van der Waals surface area (Å²) in [7, 11) is 0. The molecule has 2 aromatic rings. The number of rotatable bonds is 1. The standard InChI is InChI=1S/C14H12N4/c15-14(16)18-17-13-11-7-3-1-5-9(11)10-6-2-4-8-12(10)13/h1-8H,(H4,15,16,18)/p+1. The molecule has 0 unspecified atom stereocenters. The van der Waals surface area contributed by atoms with Crippen molar-refractivity contribution in [2.75, 3.05) is 0 Å². The van der Waals surface area contributed by atoms with Crippen LogP contribution in [0.4, 0.5) is 0 Å². The third-order valence-corrected chi connectivity index (χ3v) is 2.95. The monoisotopic (exact) mass is 237 g/mol. The summed E-state index contributed by atoms with van der Waals surface area (Å²) >= 11 is 0. The fourth-order valence-electron chi connectivity index (χ4n) is 2.23. The van der Waals surface area contributed by atoms with Gasteiger partial charge in [0.05, 0.1) is 0 Å². The van der Waals surface area contributed by atoms with Gasteiger partial charge in [0.15, 0.2) is 0 Å². The van der Waals surface area contributed by atoms with Gasteiger partial charge in [-0.2, -0.15) is 5.10 Å². The zero-order chi connectivity index (χ0) is 12.5. The van der Waals surface area contributed by atoms with E-state index in [1.165, 1.54) is 11.1 Å². The molecule has 0 saturated heterocycles. The van der Waals surface area contributed by atoms with E-state index in [1.807, 2.05) is 36.4 Å². The third-order valence-electron chi connectivity index (χ3n) is 2.95. The lowest BCUT2D eigenvalue weighted by molar-refractivity contribution is -0.464. The quantitative estimate of drug-likeness (QED) is 0.311. The van der Waals surface area contributed by atoms with Gasteiger partial charge in [0.25, 0.3) is 0 Å². The fraction of sp³-hybridized carbons (Fsp3) is 0. The molecule has 0 atom stereocenters. The zero-order valence-electron chi connectivity index (χ0n) is 9.72. The first kappa shape index (κ1) is 10.5. The first-order valence-corrected chi connectivity index (χ1v) is 5.68. The van der Waals surface area contributed by atoms with E-state index in [0.717, 1.165) is 16.8 Å². The molecule has 18 heavy (non-hydrogen) atoms. The molecule has 1 aliphatic carbocycles. The van der Waals surface area contributed by atoms with Crippen LogP contribution in [0.1, 0.15) is 11.1 Å². The van der Waals surface area contributed by atoms with Crippen molar-refractivity contribution in [3.63, 3.8) is 0 Å². The number of benzene rings is 2. The van der Waals surface area contributed by atoms with Gasteiger partial charge < -0.3 is 0 Å². The minimum absolute atomic E-state index is 0.0874. The lowest BCUT2D eigenvalue weighted by atomic mass is 10.1. The molecule has 0 fully saturated rings. The van der Waals surface area contributed by atoms with Gasteiger partial charge in [-0.1, -0.05) is 48.5 Å². The van der Waals surface area contributed by atoms with Gasteiger partial charge in [0, 0.05) is 11.1 Å². The molecule has 2 aromatic carbocycles. The van der Waals surface area contributed by atoms with Crippen molar-refractivity contribution in [1.82, 2.24) is 0 Å². The van der Waals surface area contributed by atoms with E-state index in [2.05, 4.69) is 22.3 Å². The summed E-state index contributed by atoms with van der Waals surface area (Å²) in [5, 5.41) is 6.91. The lowest BCUT2D eigenvalue weighted by Crippen LogP contribution is -2.73. The minimum Gasteiger partial charge on any atom is -0.289 e. The smallest absolute Gasteiger partial charge is 0.289 e. The third kappa shape index (κ3) is 1.55. The molecule has 0 heterocycles. The lowest BCUT2D eigenvalue weighted by Gasteiger charge is -1.97. The number of hydrogen-bond donors (Lipinski definition) is 3. The molecule has 88 valence electrons. The van der Waals surface area contributed by atoms with Gasteiger partial charge in [0.2, 0.25) is 0 Å². The Bertz CT molecular complexity index is 619. The molecule has 5 N–H and O–H groups in total. The predicted molar refractivity (Wildman–Crippen MR) is 71.9 cm³/mol. The Hall–Kier alpha value is -2.62. The molecule has 4 nitrogen and oxygen atoms in total. The molecule has 0 spiro atoms. The maximum atomic E-state index is 5.39. The summed E-state index contributed by atoms with van der Waals surface area (Å²) in [6.07, 6.45) is 0. The number of hydrazone groups is 1. The Morgan fingerprint density at radius 1 is 0.778 bits per heavy atom. The van der Waals surface area contributed by atoms with Crippen LogP contribution in [-0.2, 0) is 0 Å². The molecule has 3 rings (SSSR count). The van der Waals surface area contributed by atoms with Crippen LogP contribution in [0.15, 0.2) is 53.6 Å². The second-order valence-corrected chi connectivity index (χ2v) is 4.12. The number of guanidine groups is 1.